The number of hydrogen-bond donors (Lipinski definition) is 1. The summed E-state index contributed by atoms with van der Waals surface area (Å²) in [5, 5.41) is 0.0876. The smallest absolute Gasteiger partial charge is 0.387 e. The van der Waals surface area contributed by atoms with Crippen molar-refractivity contribution < 1.29 is 17.9 Å². The van der Waals surface area contributed by atoms with Crippen molar-refractivity contribution in [2.75, 3.05) is 0 Å². The molecule has 0 amide bonds. The van der Waals surface area contributed by atoms with Gasteiger partial charge in [-0.15, -0.1) is 0 Å². The number of hydrogen-bond acceptors (Lipinski definition) is 2. The Morgan fingerprint density at radius 2 is 2.07 bits per heavy atom. The summed E-state index contributed by atoms with van der Waals surface area (Å²) in [6, 6.07) is 2.17. The van der Waals surface area contributed by atoms with Crippen LogP contribution in [0, 0.1) is 5.82 Å². The highest BCUT2D eigenvalue weighted by Gasteiger charge is 2.15. The van der Waals surface area contributed by atoms with E-state index >= 15 is 0 Å². The number of alkyl halides is 2. The van der Waals surface area contributed by atoms with Gasteiger partial charge < -0.3 is 10.5 Å². The first-order valence-electron chi connectivity index (χ1n) is 3.67. The molecule has 14 heavy (non-hydrogen) atoms. The van der Waals surface area contributed by atoms with Gasteiger partial charge in [0.25, 0.3) is 0 Å². The number of rotatable bonds is 3. The molecule has 0 unspecified atom stereocenters. The van der Waals surface area contributed by atoms with E-state index in [2.05, 4.69) is 4.74 Å². The fraction of sp³-hybridized carbons (Fsp3) is 0.250. The van der Waals surface area contributed by atoms with Crippen LogP contribution >= 0.6 is 11.6 Å². The van der Waals surface area contributed by atoms with Crippen LogP contribution in [0.15, 0.2) is 12.1 Å². The summed E-state index contributed by atoms with van der Waals surface area (Å²) in [6.07, 6.45) is 0. The average Bonchev–Trinajstić information content (AvgIpc) is 2.08. The van der Waals surface area contributed by atoms with Gasteiger partial charge in [0.2, 0.25) is 0 Å². The maximum Gasteiger partial charge on any atom is 0.387 e. The molecule has 0 aliphatic heterocycles. The Bertz CT molecular complexity index is 333. The summed E-state index contributed by atoms with van der Waals surface area (Å²) in [5.41, 5.74) is 5.32. The van der Waals surface area contributed by atoms with Crippen molar-refractivity contribution in [3.8, 4) is 5.75 Å². The molecule has 6 heteroatoms. The van der Waals surface area contributed by atoms with E-state index in [1.54, 1.807) is 0 Å². The Morgan fingerprint density at radius 3 is 2.57 bits per heavy atom. The normalized spacial score (nSPS) is 10.7. The fourth-order valence-electron chi connectivity index (χ4n) is 0.986. The zero-order valence-electron chi connectivity index (χ0n) is 6.94. The zero-order chi connectivity index (χ0) is 10.7. The molecule has 0 aliphatic rings. The molecule has 1 aromatic rings. The summed E-state index contributed by atoms with van der Waals surface area (Å²) in [5.74, 6) is -1.50. The second-order valence-electron chi connectivity index (χ2n) is 2.46. The van der Waals surface area contributed by atoms with E-state index in [-0.39, 0.29) is 17.1 Å². The molecule has 1 rings (SSSR count). The van der Waals surface area contributed by atoms with E-state index in [4.69, 9.17) is 17.3 Å². The Kier molecular flexibility index (Phi) is 3.60. The van der Waals surface area contributed by atoms with Crippen LogP contribution in [0.5, 0.6) is 5.75 Å². The van der Waals surface area contributed by atoms with E-state index in [1.165, 1.54) is 6.07 Å². The van der Waals surface area contributed by atoms with Gasteiger partial charge in [-0.2, -0.15) is 8.78 Å². The first kappa shape index (κ1) is 11.1. The maximum absolute atomic E-state index is 13.1. The minimum Gasteiger partial charge on any atom is -0.431 e. The van der Waals surface area contributed by atoms with Gasteiger partial charge in [-0.25, -0.2) is 4.39 Å². The molecule has 0 aliphatic carbocycles. The monoisotopic (exact) mass is 225 g/mol. The lowest BCUT2D eigenvalue weighted by Crippen LogP contribution is -2.08. The third-order valence-corrected chi connectivity index (χ3v) is 1.73. The van der Waals surface area contributed by atoms with E-state index in [9.17, 15) is 13.2 Å². The number of halogens is 4. The van der Waals surface area contributed by atoms with Crippen molar-refractivity contribution in [1.29, 1.82) is 0 Å². The fourth-order valence-corrected chi connectivity index (χ4v) is 1.21. The molecule has 0 radical (unpaired) electrons. The van der Waals surface area contributed by atoms with Gasteiger partial charge in [-0.1, -0.05) is 11.6 Å². The Labute approximate surface area is 83.4 Å². The predicted octanol–water partition coefficient (Wildman–Crippen LogP) is 2.54. The molecule has 0 bridgehead atoms. The first-order chi connectivity index (χ1) is 6.54. The summed E-state index contributed by atoms with van der Waals surface area (Å²) < 4.78 is 40.7. The molecular weight excluding hydrogens is 219 g/mol. The minimum absolute atomic E-state index is 0.0876. The van der Waals surface area contributed by atoms with Crippen LogP contribution in [0.4, 0.5) is 13.2 Å². The van der Waals surface area contributed by atoms with Crippen LogP contribution in [0.2, 0.25) is 5.02 Å². The van der Waals surface area contributed by atoms with E-state index in [1.807, 2.05) is 0 Å². The Balaban J connectivity index is 3.11. The van der Waals surface area contributed by atoms with Gasteiger partial charge in [-0.3, -0.25) is 0 Å². The van der Waals surface area contributed by atoms with Crippen LogP contribution in [-0.4, -0.2) is 6.61 Å². The van der Waals surface area contributed by atoms with Crippen molar-refractivity contribution in [2.45, 2.75) is 13.2 Å². The SMILES string of the molecule is NCc1cc(Cl)cc(F)c1OC(F)F. The van der Waals surface area contributed by atoms with Crippen molar-refractivity contribution in [1.82, 2.24) is 0 Å². The van der Waals surface area contributed by atoms with Crippen LogP contribution in [-0.2, 0) is 6.54 Å². The predicted molar refractivity (Wildman–Crippen MR) is 45.9 cm³/mol. The second-order valence-corrected chi connectivity index (χ2v) is 2.89. The van der Waals surface area contributed by atoms with Crippen LogP contribution < -0.4 is 10.5 Å². The molecule has 78 valence electrons. The Hall–Kier alpha value is -0.940. The van der Waals surface area contributed by atoms with Gasteiger partial charge in [0, 0.05) is 17.1 Å². The van der Waals surface area contributed by atoms with Gasteiger partial charge in [0.15, 0.2) is 11.6 Å². The van der Waals surface area contributed by atoms with Crippen molar-refractivity contribution in [2.24, 2.45) is 5.73 Å². The highest BCUT2D eigenvalue weighted by atomic mass is 35.5. The summed E-state index contributed by atoms with van der Waals surface area (Å²) in [7, 11) is 0. The molecule has 2 N–H and O–H groups in total. The van der Waals surface area contributed by atoms with E-state index in [0.29, 0.717) is 0 Å². The lowest BCUT2D eigenvalue weighted by molar-refractivity contribution is -0.0528. The maximum atomic E-state index is 13.1. The molecule has 0 saturated carbocycles. The molecule has 1 aromatic carbocycles. The molecule has 0 atom stereocenters. The molecule has 0 fully saturated rings. The molecule has 2 nitrogen and oxygen atoms in total. The van der Waals surface area contributed by atoms with Gasteiger partial charge in [-0.05, 0) is 12.1 Å². The second kappa shape index (κ2) is 4.52. The van der Waals surface area contributed by atoms with Crippen LogP contribution in [0.3, 0.4) is 0 Å². The standard InChI is InChI=1S/C8H7ClF3NO/c9-5-1-4(3-13)7(6(10)2-5)14-8(11)12/h1-2,8H,3,13H2. The highest BCUT2D eigenvalue weighted by molar-refractivity contribution is 6.30. The van der Waals surface area contributed by atoms with Crippen LogP contribution in [0.25, 0.3) is 0 Å². The summed E-state index contributed by atoms with van der Waals surface area (Å²) in [4.78, 5) is 0. The lowest BCUT2D eigenvalue weighted by Gasteiger charge is -2.10. The van der Waals surface area contributed by atoms with Crippen molar-refractivity contribution >= 4 is 11.6 Å². The van der Waals surface area contributed by atoms with E-state index < -0.39 is 18.2 Å². The number of nitrogens with two attached hydrogens (primary N) is 1. The lowest BCUT2D eigenvalue weighted by atomic mass is 10.2. The minimum atomic E-state index is -3.09. The third kappa shape index (κ3) is 2.52. The third-order valence-electron chi connectivity index (χ3n) is 1.51. The van der Waals surface area contributed by atoms with Crippen molar-refractivity contribution in [3.05, 3.63) is 28.5 Å². The van der Waals surface area contributed by atoms with Crippen molar-refractivity contribution in [3.63, 3.8) is 0 Å². The summed E-state index contributed by atoms with van der Waals surface area (Å²) >= 11 is 5.50. The van der Waals surface area contributed by atoms with Gasteiger partial charge in [0.05, 0.1) is 0 Å². The average molecular weight is 226 g/mol. The number of ether oxygens (including phenoxy) is 1. The molecule has 0 spiro atoms. The van der Waals surface area contributed by atoms with Gasteiger partial charge in [0.1, 0.15) is 0 Å². The highest BCUT2D eigenvalue weighted by Crippen LogP contribution is 2.27. The largest absolute Gasteiger partial charge is 0.431 e. The molecule has 0 heterocycles. The summed E-state index contributed by atoms with van der Waals surface area (Å²) in [6.45, 7) is -3.21. The molecule has 0 aromatic heterocycles. The Morgan fingerprint density at radius 1 is 1.43 bits per heavy atom. The van der Waals surface area contributed by atoms with E-state index in [0.717, 1.165) is 6.07 Å². The molecular formula is C8H7ClF3NO. The van der Waals surface area contributed by atoms with Crippen LogP contribution in [0.1, 0.15) is 5.56 Å². The molecule has 0 saturated heterocycles. The topological polar surface area (TPSA) is 35.2 Å². The number of benzene rings is 1. The first-order valence-corrected chi connectivity index (χ1v) is 4.05. The quantitative estimate of drug-likeness (QED) is 0.858. The van der Waals surface area contributed by atoms with Gasteiger partial charge >= 0.3 is 6.61 Å². The zero-order valence-corrected chi connectivity index (χ0v) is 7.69.